The fourth-order valence-electron chi connectivity index (χ4n) is 3.30. The number of rotatable bonds is 7. The largest absolute Gasteiger partial charge is 0.487 e. The van der Waals surface area contributed by atoms with Crippen molar-refractivity contribution in [2.75, 3.05) is 7.05 Å². The topological polar surface area (TPSA) is 55.6 Å². The second kappa shape index (κ2) is 8.49. The molecular weight excluding hydrogens is 384 g/mol. The highest BCUT2D eigenvalue weighted by atomic mass is 32.1. The molecule has 4 rings (SSSR count). The molecular formula is C23H22N2O3S. The molecule has 0 radical (unpaired) electrons. The Kier molecular flexibility index (Phi) is 5.62. The van der Waals surface area contributed by atoms with Crippen LogP contribution in [-0.4, -0.2) is 22.8 Å². The molecule has 0 saturated carbocycles. The molecule has 0 aliphatic rings. The molecule has 0 N–H and O–H groups in total. The Labute approximate surface area is 173 Å². The van der Waals surface area contributed by atoms with Crippen LogP contribution in [0.2, 0.25) is 0 Å². The number of hydrogen-bond donors (Lipinski definition) is 0. The minimum absolute atomic E-state index is 0.0385. The van der Waals surface area contributed by atoms with Crippen LogP contribution in [0.4, 0.5) is 0 Å². The Morgan fingerprint density at radius 1 is 1.17 bits per heavy atom. The van der Waals surface area contributed by atoms with Crippen molar-refractivity contribution < 1.29 is 13.9 Å². The summed E-state index contributed by atoms with van der Waals surface area (Å²) in [5.41, 5.74) is 5.24. The first-order valence-electron chi connectivity index (χ1n) is 9.50. The number of para-hydroxylation sites is 1. The highest BCUT2D eigenvalue weighted by molar-refractivity contribution is 7.07. The Morgan fingerprint density at radius 2 is 1.97 bits per heavy atom. The van der Waals surface area contributed by atoms with Crippen molar-refractivity contribution in [3.8, 4) is 5.75 Å². The molecule has 0 atom stereocenters. The number of nitrogens with zero attached hydrogens (tertiary/aromatic N) is 2. The Morgan fingerprint density at radius 3 is 2.69 bits per heavy atom. The fourth-order valence-corrected chi connectivity index (χ4v) is 3.84. The first kappa shape index (κ1) is 19.2. The van der Waals surface area contributed by atoms with Gasteiger partial charge in [-0.1, -0.05) is 25.1 Å². The minimum atomic E-state index is -0.0385. The summed E-state index contributed by atoms with van der Waals surface area (Å²) in [5.74, 6) is 1.60. The van der Waals surface area contributed by atoms with Crippen LogP contribution in [0, 0.1) is 0 Å². The number of aryl methyl sites for hydroxylation is 1. The number of benzene rings is 2. The standard InChI is InChI=1S/C23H22N2O3S/c1-3-21-20(19-6-4-5-7-22(19)28-21)12-25(2)23(26)16-8-10-18(11-9-16)27-13-17-14-29-15-24-17/h4-11,14-15H,3,12-13H2,1-2H3. The molecule has 29 heavy (non-hydrogen) atoms. The lowest BCUT2D eigenvalue weighted by Crippen LogP contribution is -2.26. The zero-order valence-corrected chi connectivity index (χ0v) is 17.2. The van der Waals surface area contributed by atoms with Gasteiger partial charge in [-0.25, -0.2) is 4.98 Å². The molecule has 148 valence electrons. The van der Waals surface area contributed by atoms with Crippen molar-refractivity contribution in [2.45, 2.75) is 26.5 Å². The van der Waals surface area contributed by atoms with Crippen LogP contribution in [-0.2, 0) is 19.6 Å². The second-order valence-electron chi connectivity index (χ2n) is 6.81. The third-order valence-corrected chi connectivity index (χ3v) is 5.45. The number of amides is 1. The summed E-state index contributed by atoms with van der Waals surface area (Å²) in [6.45, 7) is 2.98. The van der Waals surface area contributed by atoms with E-state index >= 15 is 0 Å². The monoisotopic (exact) mass is 406 g/mol. The van der Waals surface area contributed by atoms with Crippen molar-refractivity contribution >= 4 is 28.2 Å². The van der Waals surface area contributed by atoms with Gasteiger partial charge >= 0.3 is 0 Å². The average Bonchev–Trinajstić information content (AvgIpc) is 3.40. The summed E-state index contributed by atoms with van der Waals surface area (Å²) >= 11 is 1.54. The number of ether oxygens (including phenoxy) is 1. The van der Waals surface area contributed by atoms with Gasteiger partial charge in [-0.15, -0.1) is 11.3 Å². The zero-order chi connectivity index (χ0) is 20.2. The molecule has 2 aromatic heterocycles. The number of carbonyl (C=O) groups excluding carboxylic acids is 1. The molecule has 6 heteroatoms. The van der Waals surface area contributed by atoms with E-state index in [9.17, 15) is 4.79 Å². The summed E-state index contributed by atoms with van der Waals surface area (Å²) < 4.78 is 11.7. The van der Waals surface area contributed by atoms with Gasteiger partial charge in [-0.05, 0) is 30.3 Å². The maximum absolute atomic E-state index is 12.9. The highest BCUT2D eigenvalue weighted by Gasteiger charge is 2.18. The van der Waals surface area contributed by atoms with Crippen molar-refractivity contribution in [1.29, 1.82) is 0 Å². The van der Waals surface area contributed by atoms with E-state index in [1.165, 1.54) is 0 Å². The van der Waals surface area contributed by atoms with Crippen LogP contribution >= 0.6 is 11.3 Å². The van der Waals surface area contributed by atoms with E-state index in [2.05, 4.69) is 11.9 Å². The van der Waals surface area contributed by atoms with E-state index in [4.69, 9.17) is 9.15 Å². The van der Waals surface area contributed by atoms with E-state index in [1.54, 1.807) is 33.9 Å². The van der Waals surface area contributed by atoms with Crippen molar-refractivity contribution in [2.24, 2.45) is 0 Å². The van der Waals surface area contributed by atoms with Crippen LogP contribution in [0.25, 0.3) is 11.0 Å². The number of hydrogen-bond acceptors (Lipinski definition) is 5. The Bertz CT molecular complexity index is 1100. The summed E-state index contributed by atoms with van der Waals surface area (Å²) in [5, 5.41) is 3.02. The summed E-state index contributed by atoms with van der Waals surface area (Å²) in [7, 11) is 1.82. The molecule has 5 nitrogen and oxygen atoms in total. The predicted molar refractivity (Wildman–Crippen MR) is 114 cm³/mol. The van der Waals surface area contributed by atoms with Gasteiger partial charge in [-0.3, -0.25) is 4.79 Å². The summed E-state index contributed by atoms with van der Waals surface area (Å²) in [4.78, 5) is 18.8. The van der Waals surface area contributed by atoms with Crippen LogP contribution in [0.15, 0.2) is 63.8 Å². The zero-order valence-electron chi connectivity index (χ0n) is 16.4. The van der Waals surface area contributed by atoms with Gasteiger partial charge in [0.15, 0.2) is 0 Å². The molecule has 0 bridgehead atoms. The van der Waals surface area contributed by atoms with Crippen molar-refractivity contribution in [3.63, 3.8) is 0 Å². The molecule has 1 amide bonds. The van der Waals surface area contributed by atoms with E-state index in [0.29, 0.717) is 24.5 Å². The molecule has 0 spiro atoms. The quantitative estimate of drug-likeness (QED) is 0.418. The maximum Gasteiger partial charge on any atom is 0.253 e. The lowest BCUT2D eigenvalue weighted by Gasteiger charge is -2.18. The van der Waals surface area contributed by atoms with Crippen LogP contribution in [0.3, 0.4) is 0 Å². The van der Waals surface area contributed by atoms with Crippen molar-refractivity contribution in [1.82, 2.24) is 9.88 Å². The SMILES string of the molecule is CCc1oc2ccccc2c1CN(C)C(=O)c1ccc(OCc2cscn2)cc1. The fraction of sp³-hybridized carbons (Fsp3) is 0.217. The summed E-state index contributed by atoms with van der Waals surface area (Å²) in [6.07, 6.45) is 0.789. The lowest BCUT2D eigenvalue weighted by atomic mass is 10.1. The highest BCUT2D eigenvalue weighted by Crippen LogP contribution is 2.27. The third-order valence-electron chi connectivity index (χ3n) is 4.82. The van der Waals surface area contributed by atoms with Gasteiger partial charge in [0.1, 0.15) is 23.7 Å². The Hall–Kier alpha value is -3.12. The van der Waals surface area contributed by atoms with Gasteiger partial charge in [0.2, 0.25) is 0 Å². The smallest absolute Gasteiger partial charge is 0.253 e. The first-order chi connectivity index (χ1) is 14.2. The van der Waals surface area contributed by atoms with Gasteiger partial charge in [-0.2, -0.15) is 0 Å². The molecule has 2 aromatic carbocycles. The normalized spacial score (nSPS) is 11.0. The average molecular weight is 407 g/mol. The maximum atomic E-state index is 12.9. The van der Waals surface area contributed by atoms with Gasteiger partial charge < -0.3 is 14.1 Å². The molecule has 0 saturated heterocycles. The van der Waals surface area contributed by atoms with E-state index in [1.807, 2.05) is 48.8 Å². The van der Waals surface area contributed by atoms with Crippen LogP contribution < -0.4 is 4.74 Å². The van der Waals surface area contributed by atoms with Gasteiger partial charge in [0, 0.05) is 41.9 Å². The number of carbonyl (C=O) groups is 1. The van der Waals surface area contributed by atoms with Gasteiger partial charge in [0.05, 0.1) is 11.2 Å². The van der Waals surface area contributed by atoms with Crippen LogP contribution in [0.1, 0.15) is 34.3 Å². The molecule has 0 unspecified atom stereocenters. The van der Waals surface area contributed by atoms with E-state index in [0.717, 1.165) is 34.4 Å². The van der Waals surface area contributed by atoms with E-state index < -0.39 is 0 Å². The predicted octanol–water partition coefficient (Wildman–Crippen LogP) is 5.30. The Balaban J connectivity index is 1.45. The lowest BCUT2D eigenvalue weighted by molar-refractivity contribution is 0.0785. The molecule has 4 aromatic rings. The number of furan rings is 1. The molecule has 0 fully saturated rings. The van der Waals surface area contributed by atoms with E-state index in [-0.39, 0.29) is 5.91 Å². The first-order valence-corrected chi connectivity index (χ1v) is 10.4. The third kappa shape index (κ3) is 4.17. The number of aromatic nitrogens is 1. The minimum Gasteiger partial charge on any atom is -0.487 e. The molecule has 0 aliphatic heterocycles. The van der Waals surface area contributed by atoms with Gasteiger partial charge in [0.25, 0.3) is 5.91 Å². The van der Waals surface area contributed by atoms with Crippen molar-refractivity contribution in [3.05, 3.63) is 82.0 Å². The second-order valence-corrected chi connectivity index (χ2v) is 7.53. The molecule has 0 aliphatic carbocycles. The summed E-state index contributed by atoms with van der Waals surface area (Å²) in [6, 6.07) is 15.2. The van der Waals surface area contributed by atoms with Crippen LogP contribution in [0.5, 0.6) is 5.75 Å². The number of fused-ring (bicyclic) bond motifs is 1. The number of thiazole rings is 1. The molecule has 2 heterocycles.